The molecular weight excluding hydrogens is 484 g/mol. The Balaban J connectivity index is 0.00000363. The Kier molecular flexibility index (Phi) is 11.0. The van der Waals surface area contributed by atoms with Crippen LogP contribution in [0.15, 0.2) is 53.3 Å². The number of para-hydroxylation sites is 2. The lowest BCUT2D eigenvalue weighted by Gasteiger charge is -2.15. The number of aryl methyl sites for hydroxylation is 1. The SMILES string of the molecule is CCCCNC(=[NH+]CCCC)SCc1nc2ccccc2c(=O)n1-c1ccccc1C.[Br-]. The maximum atomic E-state index is 13.4. The van der Waals surface area contributed by atoms with Crippen LogP contribution in [0.2, 0.25) is 0 Å². The van der Waals surface area contributed by atoms with Crippen LogP contribution in [0.3, 0.4) is 0 Å². The van der Waals surface area contributed by atoms with Crippen molar-refractivity contribution in [2.45, 2.75) is 52.2 Å². The van der Waals surface area contributed by atoms with Gasteiger partial charge in [-0.2, -0.15) is 0 Å². The standard InChI is InChI=1S/C25H32N4OS.BrH/c1-4-6-16-26-25(27-17-7-5-2)31-18-23-28-21-14-10-9-13-20(21)24(30)29(23)22-15-11-8-12-19(22)3;/h8-15H,4-7,16-18H2,1-3H3,(H,26,27);1H. The molecule has 0 saturated carbocycles. The molecule has 2 aromatic carbocycles. The van der Waals surface area contributed by atoms with E-state index in [9.17, 15) is 4.79 Å². The van der Waals surface area contributed by atoms with E-state index in [0.29, 0.717) is 11.1 Å². The molecule has 0 saturated heterocycles. The van der Waals surface area contributed by atoms with Gasteiger partial charge in [-0.1, -0.05) is 57.0 Å². The fourth-order valence-corrected chi connectivity index (χ4v) is 4.27. The van der Waals surface area contributed by atoms with Gasteiger partial charge in [0.05, 0.1) is 35.4 Å². The highest BCUT2D eigenvalue weighted by atomic mass is 79.9. The number of thioether (sulfide) groups is 1. The van der Waals surface area contributed by atoms with Gasteiger partial charge in [-0.15, -0.1) is 0 Å². The maximum Gasteiger partial charge on any atom is 0.304 e. The van der Waals surface area contributed by atoms with Crippen molar-refractivity contribution in [1.29, 1.82) is 0 Å². The second-order valence-corrected chi connectivity index (χ2v) is 8.64. The van der Waals surface area contributed by atoms with E-state index in [2.05, 4.69) is 24.2 Å². The highest BCUT2D eigenvalue weighted by molar-refractivity contribution is 8.12. The van der Waals surface area contributed by atoms with Crippen molar-refractivity contribution in [1.82, 2.24) is 14.9 Å². The number of fused-ring (bicyclic) bond motifs is 1. The van der Waals surface area contributed by atoms with Crippen LogP contribution in [0.25, 0.3) is 16.6 Å². The molecule has 0 spiro atoms. The molecule has 3 aromatic rings. The monoisotopic (exact) mass is 516 g/mol. The zero-order valence-electron chi connectivity index (χ0n) is 19.2. The minimum absolute atomic E-state index is 0. The number of nitrogens with zero attached hydrogens (tertiary/aromatic N) is 2. The highest BCUT2D eigenvalue weighted by Gasteiger charge is 2.16. The summed E-state index contributed by atoms with van der Waals surface area (Å²) >= 11 is 1.68. The molecule has 1 heterocycles. The van der Waals surface area contributed by atoms with E-state index < -0.39 is 0 Å². The smallest absolute Gasteiger partial charge is 0.304 e. The first-order valence-corrected chi connectivity index (χ1v) is 12.2. The van der Waals surface area contributed by atoms with Crippen LogP contribution in [0.5, 0.6) is 0 Å². The molecule has 0 amide bonds. The van der Waals surface area contributed by atoms with Crippen molar-refractivity contribution in [3.05, 3.63) is 70.3 Å². The van der Waals surface area contributed by atoms with Gasteiger partial charge in [-0.3, -0.25) is 19.7 Å². The van der Waals surface area contributed by atoms with E-state index >= 15 is 0 Å². The summed E-state index contributed by atoms with van der Waals surface area (Å²) in [6, 6.07) is 15.6. The lowest BCUT2D eigenvalue weighted by Crippen LogP contribution is -3.00. The zero-order chi connectivity index (χ0) is 22.1. The van der Waals surface area contributed by atoms with E-state index in [4.69, 9.17) is 4.98 Å². The number of aromatic nitrogens is 2. The second-order valence-electron chi connectivity index (χ2n) is 7.65. The third kappa shape index (κ3) is 6.69. The predicted octanol–water partition coefficient (Wildman–Crippen LogP) is 0.558. The normalized spacial score (nSPS) is 11.4. The molecule has 0 aliphatic heterocycles. The molecule has 172 valence electrons. The summed E-state index contributed by atoms with van der Waals surface area (Å²) in [6.07, 6.45) is 4.56. The van der Waals surface area contributed by atoms with Gasteiger partial charge in [-0.05, 0) is 55.3 Å². The number of hydrogen-bond acceptors (Lipinski definition) is 3. The Morgan fingerprint density at radius 2 is 1.78 bits per heavy atom. The Morgan fingerprint density at radius 1 is 1.06 bits per heavy atom. The van der Waals surface area contributed by atoms with Crippen molar-refractivity contribution in [2.75, 3.05) is 13.1 Å². The Bertz CT molecular complexity index is 1100. The summed E-state index contributed by atoms with van der Waals surface area (Å²) in [5, 5.41) is 5.23. The molecule has 0 fully saturated rings. The topological polar surface area (TPSA) is 60.9 Å². The fraction of sp³-hybridized carbons (Fsp3) is 0.400. The van der Waals surface area contributed by atoms with Crippen molar-refractivity contribution < 1.29 is 22.0 Å². The van der Waals surface area contributed by atoms with Gasteiger partial charge in [0.15, 0.2) is 0 Å². The molecule has 2 N–H and O–H groups in total. The van der Waals surface area contributed by atoms with Crippen LogP contribution in [-0.2, 0) is 5.75 Å². The molecule has 1 aromatic heterocycles. The molecule has 5 nitrogen and oxygen atoms in total. The lowest BCUT2D eigenvalue weighted by molar-refractivity contribution is -0.456. The Hall–Kier alpha value is -2.12. The molecule has 0 bridgehead atoms. The number of rotatable bonds is 9. The van der Waals surface area contributed by atoms with Crippen molar-refractivity contribution in [3.8, 4) is 5.69 Å². The van der Waals surface area contributed by atoms with Gasteiger partial charge in [0.1, 0.15) is 5.82 Å². The molecule has 0 atom stereocenters. The van der Waals surface area contributed by atoms with Crippen molar-refractivity contribution in [2.24, 2.45) is 0 Å². The average Bonchev–Trinajstić information content (AvgIpc) is 2.78. The van der Waals surface area contributed by atoms with Crippen LogP contribution < -0.4 is 32.8 Å². The highest BCUT2D eigenvalue weighted by Crippen LogP contribution is 2.19. The Labute approximate surface area is 205 Å². The van der Waals surface area contributed by atoms with E-state index in [1.165, 1.54) is 0 Å². The summed E-state index contributed by atoms with van der Waals surface area (Å²) in [5.74, 6) is 1.36. The number of halogens is 1. The molecule has 0 aliphatic carbocycles. The maximum absolute atomic E-state index is 13.4. The number of unbranched alkanes of at least 4 members (excludes halogenated alkanes) is 2. The summed E-state index contributed by atoms with van der Waals surface area (Å²) < 4.78 is 1.78. The number of hydrogen-bond donors (Lipinski definition) is 2. The van der Waals surface area contributed by atoms with Gasteiger partial charge in [-0.25, -0.2) is 4.98 Å². The third-order valence-corrected chi connectivity index (χ3v) is 6.16. The van der Waals surface area contributed by atoms with Gasteiger partial charge >= 0.3 is 5.17 Å². The van der Waals surface area contributed by atoms with E-state index in [1.807, 2.05) is 55.5 Å². The molecule has 32 heavy (non-hydrogen) atoms. The predicted molar refractivity (Wildman–Crippen MR) is 132 cm³/mol. The molecular formula is C25H33BrN4OS. The number of amidine groups is 1. The van der Waals surface area contributed by atoms with E-state index in [0.717, 1.165) is 66.5 Å². The van der Waals surface area contributed by atoms with Crippen LogP contribution in [0.4, 0.5) is 0 Å². The lowest BCUT2D eigenvalue weighted by atomic mass is 10.2. The second kappa shape index (κ2) is 13.4. The van der Waals surface area contributed by atoms with Crippen LogP contribution in [0, 0.1) is 6.92 Å². The summed E-state index contributed by atoms with van der Waals surface area (Å²) in [7, 11) is 0. The molecule has 0 aliphatic rings. The largest absolute Gasteiger partial charge is 1.00 e. The first-order chi connectivity index (χ1) is 15.2. The van der Waals surface area contributed by atoms with Crippen molar-refractivity contribution >= 4 is 27.8 Å². The Morgan fingerprint density at radius 3 is 2.53 bits per heavy atom. The minimum Gasteiger partial charge on any atom is -1.00 e. The van der Waals surface area contributed by atoms with E-state index in [-0.39, 0.29) is 22.5 Å². The minimum atomic E-state index is -0.0186. The van der Waals surface area contributed by atoms with Gasteiger partial charge < -0.3 is 17.0 Å². The van der Waals surface area contributed by atoms with Crippen LogP contribution >= 0.6 is 11.8 Å². The van der Waals surface area contributed by atoms with Gasteiger partial charge in [0.2, 0.25) is 0 Å². The number of benzene rings is 2. The zero-order valence-corrected chi connectivity index (χ0v) is 21.6. The van der Waals surface area contributed by atoms with Crippen LogP contribution in [-0.4, -0.2) is 27.8 Å². The van der Waals surface area contributed by atoms with Crippen molar-refractivity contribution in [3.63, 3.8) is 0 Å². The van der Waals surface area contributed by atoms with Gasteiger partial charge in [0, 0.05) is 0 Å². The summed E-state index contributed by atoms with van der Waals surface area (Å²) in [6.45, 7) is 8.29. The molecule has 3 rings (SSSR count). The quantitative estimate of drug-likeness (QED) is 0.248. The first kappa shape index (κ1) is 26.1. The van der Waals surface area contributed by atoms with E-state index in [1.54, 1.807) is 16.3 Å². The fourth-order valence-electron chi connectivity index (χ4n) is 3.40. The summed E-state index contributed by atoms with van der Waals surface area (Å²) in [5.41, 5.74) is 2.67. The van der Waals surface area contributed by atoms with Crippen LogP contribution in [0.1, 0.15) is 50.9 Å². The first-order valence-electron chi connectivity index (χ1n) is 11.2. The average molecular weight is 518 g/mol. The molecule has 0 unspecified atom stereocenters. The number of nitrogens with one attached hydrogen (secondary N) is 2. The molecule has 0 radical (unpaired) electrons. The molecule has 7 heteroatoms. The third-order valence-electron chi connectivity index (χ3n) is 5.18. The summed E-state index contributed by atoms with van der Waals surface area (Å²) in [4.78, 5) is 21.9. The van der Waals surface area contributed by atoms with Gasteiger partial charge in [0.25, 0.3) is 5.56 Å².